The molecule has 0 bridgehead atoms. The van der Waals surface area contributed by atoms with Crippen LogP contribution in [0.3, 0.4) is 0 Å². The van der Waals surface area contributed by atoms with Gasteiger partial charge in [-0.3, -0.25) is 4.79 Å². The largest absolute Gasteiger partial charge is 0.351 e. The molecule has 3 nitrogen and oxygen atoms in total. The van der Waals surface area contributed by atoms with Gasteiger partial charge in [0.15, 0.2) is 0 Å². The van der Waals surface area contributed by atoms with Gasteiger partial charge in [-0.2, -0.15) is 0 Å². The van der Waals surface area contributed by atoms with E-state index in [2.05, 4.69) is 33.0 Å². The van der Waals surface area contributed by atoms with Gasteiger partial charge in [0.05, 0.1) is 4.87 Å². The van der Waals surface area contributed by atoms with Crippen molar-refractivity contribution < 1.29 is 4.79 Å². The van der Waals surface area contributed by atoms with Crippen LogP contribution < -0.4 is 11.1 Å². The quantitative estimate of drug-likeness (QED) is 0.520. The van der Waals surface area contributed by atoms with Crippen LogP contribution in [0, 0.1) is 5.92 Å². The Hall–Kier alpha value is 0.130. The van der Waals surface area contributed by atoms with Crippen molar-refractivity contribution in [1.29, 1.82) is 0 Å². The predicted molar refractivity (Wildman–Crippen MR) is 93.8 cm³/mol. The molecule has 0 saturated heterocycles. The van der Waals surface area contributed by atoms with E-state index in [0.717, 1.165) is 12.8 Å². The maximum absolute atomic E-state index is 11.2. The van der Waals surface area contributed by atoms with Crippen molar-refractivity contribution in [3.05, 3.63) is 0 Å². The van der Waals surface area contributed by atoms with Crippen LogP contribution in [0.5, 0.6) is 0 Å². The smallest absolute Gasteiger partial charge is 0.217 e. The molecule has 5 heteroatoms. The minimum absolute atomic E-state index is 0.0106. The van der Waals surface area contributed by atoms with E-state index >= 15 is 0 Å². The Morgan fingerprint density at radius 1 is 1.15 bits per heavy atom. The third-order valence-corrected chi connectivity index (χ3v) is 6.64. The molecule has 0 aliphatic carbocycles. The monoisotopic (exact) mass is 320 g/mol. The second-order valence-electron chi connectivity index (χ2n) is 7.58. The van der Waals surface area contributed by atoms with Crippen molar-refractivity contribution in [1.82, 2.24) is 5.32 Å². The average molecular weight is 321 g/mol. The first-order valence-corrected chi connectivity index (χ1v) is 9.34. The van der Waals surface area contributed by atoms with E-state index in [1.54, 1.807) is 17.7 Å². The number of nitrogens with two attached hydrogens (primary N) is 1. The Bertz CT molecular complexity index is 326. The van der Waals surface area contributed by atoms with Gasteiger partial charge >= 0.3 is 0 Å². The molecule has 1 unspecified atom stereocenters. The van der Waals surface area contributed by atoms with E-state index < -0.39 is 0 Å². The average Bonchev–Trinajstić information content (AvgIpc) is 2.08. The molecule has 20 heavy (non-hydrogen) atoms. The van der Waals surface area contributed by atoms with Gasteiger partial charge in [0.2, 0.25) is 5.91 Å². The first kappa shape index (κ1) is 20.1. The molecule has 1 atom stereocenters. The molecule has 0 aliphatic rings. The van der Waals surface area contributed by atoms with E-state index in [-0.39, 0.29) is 21.1 Å². The van der Waals surface area contributed by atoms with Crippen molar-refractivity contribution in [3.8, 4) is 0 Å². The number of hydrogen-bond donors (Lipinski definition) is 2. The number of nitrogens with one attached hydrogen (secondary N) is 1. The summed E-state index contributed by atoms with van der Waals surface area (Å²) in [5.41, 5.74) is 6.12. The lowest BCUT2D eigenvalue weighted by atomic mass is 9.96. The summed E-state index contributed by atoms with van der Waals surface area (Å²) in [5, 5.41) is 2.96. The molecule has 0 aromatic rings. The van der Waals surface area contributed by atoms with Gasteiger partial charge in [-0.15, -0.1) is 0 Å². The zero-order valence-electron chi connectivity index (χ0n) is 14.3. The molecular formula is C15H32N2OS2. The lowest BCUT2D eigenvalue weighted by Crippen LogP contribution is -2.49. The topological polar surface area (TPSA) is 55.1 Å². The van der Waals surface area contributed by atoms with E-state index in [9.17, 15) is 4.79 Å². The summed E-state index contributed by atoms with van der Waals surface area (Å²) in [6.07, 6.45) is 1.89. The molecule has 1 amide bonds. The molecule has 0 aromatic carbocycles. The fraction of sp³-hybridized carbons (Fsp3) is 0.933. The SMILES string of the molecule is CC(=O)NC(C)(C)CC(C)(N)SSC(C)(C)CC(C)C. The molecule has 0 heterocycles. The van der Waals surface area contributed by atoms with Crippen LogP contribution in [-0.2, 0) is 4.79 Å². The fourth-order valence-corrected chi connectivity index (χ4v) is 5.52. The van der Waals surface area contributed by atoms with Crippen LogP contribution in [0.25, 0.3) is 0 Å². The lowest BCUT2D eigenvalue weighted by molar-refractivity contribution is -0.120. The van der Waals surface area contributed by atoms with Crippen molar-refractivity contribution in [2.75, 3.05) is 0 Å². The summed E-state index contributed by atoms with van der Waals surface area (Å²) in [6, 6.07) is 0. The highest BCUT2D eigenvalue weighted by Crippen LogP contribution is 2.46. The second kappa shape index (κ2) is 7.41. The second-order valence-corrected chi connectivity index (χ2v) is 10.9. The van der Waals surface area contributed by atoms with Gasteiger partial charge < -0.3 is 11.1 Å². The molecule has 0 aliphatic heterocycles. The fourth-order valence-electron chi connectivity index (χ4n) is 2.65. The van der Waals surface area contributed by atoms with Crippen LogP contribution in [0.1, 0.15) is 68.2 Å². The predicted octanol–water partition coefficient (Wildman–Crippen LogP) is 4.17. The molecule has 0 fully saturated rings. The molecule has 3 N–H and O–H groups in total. The Morgan fingerprint density at radius 2 is 1.65 bits per heavy atom. The van der Waals surface area contributed by atoms with Gasteiger partial charge in [0.1, 0.15) is 0 Å². The van der Waals surface area contributed by atoms with Crippen LogP contribution in [0.15, 0.2) is 0 Å². The summed E-state index contributed by atoms with van der Waals surface area (Å²) in [6.45, 7) is 16.6. The van der Waals surface area contributed by atoms with E-state index in [1.165, 1.54) is 0 Å². The molecule has 0 radical (unpaired) electrons. The highest BCUT2D eigenvalue weighted by molar-refractivity contribution is 8.77. The van der Waals surface area contributed by atoms with Crippen molar-refractivity contribution in [2.24, 2.45) is 11.7 Å². The standard InChI is InChI=1S/C15H32N2OS2/c1-11(2)9-14(6,7)19-20-15(8,16)10-13(4,5)17-12(3)18/h11H,9-10,16H2,1-8H3,(H,17,18). The molecule has 0 spiro atoms. The summed E-state index contributed by atoms with van der Waals surface area (Å²) in [5.74, 6) is 0.668. The van der Waals surface area contributed by atoms with E-state index in [1.807, 2.05) is 31.6 Å². The molecule has 0 aromatic heterocycles. The Morgan fingerprint density at radius 3 is 2.05 bits per heavy atom. The van der Waals surface area contributed by atoms with Crippen LogP contribution in [-0.4, -0.2) is 21.1 Å². The highest BCUT2D eigenvalue weighted by Gasteiger charge is 2.33. The number of hydrogen-bond acceptors (Lipinski definition) is 4. The maximum Gasteiger partial charge on any atom is 0.217 e. The number of carbonyl (C=O) groups excluding carboxylic acids is 1. The highest BCUT2D eigenvalue weighted by atomic mass is 33.1. The van der Waals surface area contributed by atoms with Crippen molar-refractivity contribution in [2.45, 2.75) is 83.4 Å². The lowest BCUT2D eigenvalue weighted by Gasteiger charge is -2.36. The van der Waals surface area contributed by atoms with Gasteiger partial charge in [0.25, 0.3) is 0 Å². The van der Waals surface area contributed by atoms with Crippen molar-refractivity contribution in [3.63, 3.8) is 0 Å². The molecule has 0 rings (SSSR count). The number of rotatable bonds is 8. The summed E-state index contributed by atoms with van der Waals surface area (Å²) < 4.78 is 0.206. The zero-order chi connectivity index (χ0) is 16.2. The van der Waals surface area contributed by atoms with Crippen LogP contribution in [0.2, 0.25) is 0 Å². The number of amides is 1. The third kappa shape index (κ3) is 9.94. The third-order valence-electron chi connectivity index (χ3n) is 2.66. The van der Waals surface area contributed by atoms with Gasteiger partial charge in [-0.05, 0) is 53.4 Å². The van der Waals surface area contributed by atoms with Gasteiger partial charge in [0, 0.05) is 17.2 Å². The normalized spacial score (nSPS) is 16.1. The van der Waals surface area contributed by atoms with Crippen LogP contribution in [0.4, 0.5) is 0 Å². The Balaban J connectivity index is 4.48. The maximum atomic E-state index is 11.2. The summed E-state index contributed by atoms with van der Waals surface area (Å²) in [7, 11) is 3.58. The van der Waals surface area contributed by atoms with E-state index in [0.29, 0.717) is 5.92 Å². The minimum Gasteiger partial charge on any atom is -0.351 e. The van der Waals surface area contributed by atoms with Gasteiger partial charge in [-0.1, -0.05) is 35.4 Å². The molecule has 120 valence electrons. The first-order valence-electron chi connectivity index (χ1n) is 7.19. The summed E-state index contributed by atoms with van der Waals surface area (Å²) in [4.78, 5) is 10.8. The Kier molecular flexibility index (Phi) is 7.46. The van der Waals surface area contributed by atoms with Gasteiger partial charge in [-0.25, -0.2) is 0 Å². The first-order chi connectivity index (χ1) is 8.75. The van der Waals surface area contributed by atoms with Crippen LogP contribution >= 0.6 is 21.6 Å². The minimum atomic E-state index is -0.370. The zero-order valence-corrected chi connectivity index (χ0v) is 15.9. The Labute approximate surface area is 133 Å². The van der Waals surface area contributed by atoms with Crippen molar-refractivity contribution >= 4 is 27.5 Å². The molecular weight excluding hydrogens is 288 g/mol. The molecule has 0 saturated carbocycles. The van der Waals surface area contributed by atoms with E-state index in [4.69, 9.17) is 5.73 Å². The number of carbonyl (C=O) groups is 1. The summed E-state index contributed by atoms with van der Waals surface area (Å²) >= 11 is 0.